The van der Waals surface area contributed by atoms with Gasteiger partial charge in [-0.05, 0) is 18.2 Å². The molecule has 1 aliphatic rings. The zero-order chi connectivity index (χ0) is 9.54. The Balaban J connectivity index is 2.01. The van der Waals surface area contributed by atoms with Gasteiger partial charge in [0.2, 0.25) is 0 Å². The highest BCUT2D eigenvalue weighted by Crippen LogP contribution is 2.17. The molecule has 72 valence electrons. The van der Waals surface area contributed by atoms with E-state index >= 15 is 0 Å². The summed E-state index contributed by atoms with van der Waals surface area (Å²) in [5.74, 6) is 0. The van der Waals surface area contributed by atoms with Crippen molar-refractivity contribution in [2.24, 2.45) is 0 Å². The molecule has 14 heavy (non-hydrogen) atoms. The molecule has 1 atom stereocenters. The van der Waals surface area contributed by atoms with E-state index in [2.05, 4.69) is 10.2 Å². The SMILES string of the molecule is Clc1ccc2nn(CC3CO3)nc2c1. The highest BCUT2D eigenvalue weighted by Gasteiger charge is 2.23. The van der Waals surface area contributed by atoms with Gasteiger partial charge in [0.15, 0.2) is 0 Å². The molecule has 1 aliphatic heterocycles. The summed E-state index contributed by atoms with van der Waals surface area (Å²) < 4.78 is 5.11. The van der Waals surface area contributed by atoms with E-state index in [1.54, 1.807) is 4.80 Å². The van der Waals surface area contributed by atoms with Crippen molar-refractivity contribution in [2.45, 2.75) is 12.6 Å². The predicted molar refractivity (Wildman–Crippen MR) is 52.3 cm³/mol. The summed E-state index contributed by atoms with van der Waals surface area (Å²) >= 11 is 5.84. The third-order valence-electron chi connectivity index (χ3n) is 2.15. The second kappa shape index (κ2) is 2.93. The predicted octanol–water partition coefficient (Wildman–Crippen LogP) is 1.48. The van der Waals surface area contributed by atoms with Gasteiger partial charge in [0.05, 0.1) is 13.2 Å². The van der Waals surface area contributed by atoms with E-state index in [0.717, 1.165) is 24.2 Å². The Kier molecular flexibility index (Phi) is 1.72. The topological polar surface area (TPSA) is 43.2 Å². The second-order valence-corrected chi connectivity index (χ2v) is 3.78. The van der Waals surface area contributed by atoms with Gasteiger partial charge in [-0.2, -0.15) is 15.0 Å². The molecular weight excluding hydrogens is 202 g/mol. The van der Waals surface area contributed by atoms with Crippen LogP contribution in [0.1, 0.15) is 0 Å². The molecule has 1 saturated heterocycles. The fourth-order valence-corrected chi connectivity index (χ4v) is 1.54. The molecule has 0 spiro atoms. The summed E-state index contributed by atoms with van der Waals surface area (Å²) in [4.78, 5) is 1.67. The van der Waals surface area contributed by atoms with Crippen LogP contribution in [0.4, 0.5) is 0 Å². The quantitative estimate of drug-likeness (QED) is 0.704. The van der Waals surface area contributed by atoms with Crippen molar-refractivity contribution in [2.75, 3.05) is 6.61 Å². The van der Waals surface area contributed by atoms with Crippen molar-refractivity contribution >= 4 is 22.6 Å². The number of halogens is 1. The van der Waals surface area contributed by atoms with Crippen molar-refractivity contribution < 1.29 is 4.74 Å². The van der Waals surface area contributed by atoms with E-state index < -0.39 is 0 Å². The van der Waals surface area contributed by atoms with Gasteiger partial charge >= 0.3 is 0 Å². The molecule has 2 heterocycles. The van der Waals surface area contributed by atoms with Crippen LogP contribution in [-0.4, -0.2) is 27.7 Å². The van der Waals surface area contributed by atoms with E-state index in [9.17, 15) is 0 Å². The second-order valence-electron chi connectivity index (χ2n) is 3.34. The van der Waals surface area contributed by atoms with Gasteiger partial charge in [-0.3, -0.25) is 0 Å². The molecule has 0 bridgehead atoms. The molecule has 0 radical (unpaired) electrons. The Labute approximate surface area is 85.4 Å². The maximum atomic E-state index is 5.84. The summed E-state index contributed by atoms with van der Waals surface area (Å²) in [5, 5.41) is 9.28. The average Bonchev–Trinajstić information content (AvgIpc) is 2.84. The van der Waals surface area contributed by atoms with E-state index in [0.29, 0.717) is 11.1 Å². The summed E-state index contributed by atoms with van der Waals surface area (Å²) in [6.45, 7) is 1.55. The molecule has 1 aromatic heterocycles. The number of epoxide rings is 1. The van der Waals surface area contributed by atoms with Crippen LogP contribution in [0.15, 0.2) is 18.2 Å². The summed E-state index contributed by atoms with van der Waals surface area (Å²) in [7, 11) is 0. The minimum absolute atomic E-state index is 0.298. The molecule has 1 fully saturated rings. The van der Waals surface area contributed by atoms with E-state index in [4.69, 9.17) is 16.3 Å². The summed E-state index contributed by atoms with van der Waals surface area (Å²) in [6, 6.07) is 5.50. The Hall–Kier alpha value is -1.13. The molecular formula is C9H8ClN3O. The van der Waals surface area contributed by atoms with Gasteiger partial charge in [-0.1, -0.05) is 11.6 Å². The monoisotopic (exact) mass is 209 g/mol. The number of hydrogen-bond acceptors (Lipinski definition) is 3. The molecule has 1 unspecified atom stereocenters. The highest BCUT2D eigenvalue weighted by molar-refractivity contribution is 6.31. The lowest BCUT2D eigenvalue weighted by Crippen LogP contribution is -2.07. The first-order valence-corrected chi connectivity index (χ1v) is 4.81. The van der Waals surface area contributed by atoms with Crippen molar-refractivity contribution in [3.8, 4) is 0 Å². The summed E-state index contributed by atoms with van der Waals surface area (Å²) in [5.41, 5.74) is 1.70. The third kappa shape index (κ3) is 1.47. The minimum atomic E-state index is 0.298. The van der Waals surface area contributed by atoms with Crippen LogP contribution in [0, 0.1) is 0 Å². The number of nitrogens with zero attached hydrogens (tertiary/aromatic N) is 3. The van der Waals surface area contributed by atoms with Crippen LogP contribution in [0.25, 0.3) is 11.0 Å². The van der Waals surface area contributed by atoms with Crippen molar-refractivity contribution in [1.29, 1.82) is 0 Å². The fraction of sp³-hybridized carbons (Fsp3) is 0.333. The Morgan fingerprint density at radius 3 is 3.00 bits per heavy atom. The lowest BCUT2D eigenvalue weighted by atomic mass is 10.3. The molecule has 4 nitrogen and oxygen atoms in total. The largest absolute Gasteiger partial charge is 0.371 e. The smallest absolute Gasteiger partial charge is 0.114 e. The van der Waals surface area contributed by atoms with Crippen LogP contribution in [0.3, 0.4) is 0 Å². The normalized spacial score (nSPS) is 20.2. The zero-order valence-electron chi connectivity index (χ0n) is 7.35. The first-order valence-electron chi connectivity index (χ1n) is 4.43. The Morgan fingerprint density at radius 1 is 1.43 bits per heavy atom. The molecule has 0 aliphatic carbocycles. The Bertz CT molecular complexity index is 478. The van der Waals surface area contributed by atoms with E-state index in [-0.39, 0.29) is 0 Å². The van der Waals surface area contributed by atoms with Crippen molar-refractivity contribution in [3.63, 3.8) is 0 Å². The summed E-state index contributed by atoms with van der Waals surface area (Å²) in [6.07, 6.45) is 0.298. The molecule has 0 amide bonds. The number of hydrogen-bond donors (Lipinski definition) is 0. The van der Waals surface area contributed by atoms with Crippen molar-refractivity contribution in [1.82, 2.24) is 15.0 Å². The molecule has 2 aromatic rings. The average molecular weight is 210 g/mol. The number of fused-ring (bicyclic) bond motifs is 1. The van der Waals surface area contributed by atoms with Gasteiger partial charge < -0.3 is 4.74 Å². The van der Waals surface area contributed by atoms with Crippen LogP contribution in [0.5, 0.6) is 0 Å². The lowest BCUT2D eigenvalue weighted by Gasteiger charge is -1.91. The van der Waals surface area contributed by atoms with Crippen LogP contribution in [0.2, 0.25) is 5.02 Å². The van der Waals surface area contributed by atoms with Crippen LogP contribution < -0.4 is 0 Å². The number of benzene rings is 1. The molecule has 0 saturated carbocycles. The van der Waals surface area contributed by atoms with Gasteiger partial charge in [0, 0.05) is 5.02 Å². The minimum Gasteiger partial charge on any atom is -0.371 e. The van der Waals surface area contributed by atoms with Gasteiger partial charge in [0.1, 0.15) is 17.1 Å². The highest BCUT2D eigenvalue weighted by atomic mass is 35.5. The number of ether oxygens (including phenoxy) is 1. The third-order valence-corrected chi connectivity index (χ3v) is 2.39. The molecule has 3 rings (SSSR count). The van der Waals surface area contributed by atoms with Crippen LogP contribution >= 0.6 is 11.6 Å². The molecule has 5 heteroatoms. The first kappa shape index (κ1) is 8.20. The Morgan fingerprint density at radius 2 is 2.21 bits per heavy atom. The van der Waals surface area contributed by atoms with E-state index in [1.165, 1.54) is 0 Å². The van der Waals surface area contributed by atoms with E-state index in [1.807, 2.05) is 18.2 Å². The van der Waals surface area contributed by atoms with Crippen LogP contribution in [-0.2, 0) is 11.3 Å². The molecule has 0 N–H and O–H groups in total. The number of rotatable bonds is 2. The fourth-order valence-electron chi connectivity index (χ4n) is 1.37. The molecule has 1 aromatic carbocycles. The lowest BCUT2D eigenvalue weighted by molar-refractivity contribution is 0.361. The van der Waals surface area contributed by atoms with Crippen molar-refractivity contribution in [3.05, 3.63) is 23.2 Å². The maximum Gasteiger partial charge on any atom is 0.114 e. The standard InChI is InChI=1S/C9H8ClN3O/c10-6-1-2-8-9(3-6)12-13(11-8)4-7-5-14-7/h1-3,7H,4-5H2. The van der Waals surface area contributed by atoms with Gasteiger partial charge in [-0.25, -0.2) is 0 Å². The first-order chi connectivity index (χ1) is 6.81. The zero-order valence-corrected chi connectivity index (χ0v) is 8.11. The maximum absolute atomic E-state index is 5.84. The van der Waals surface area contributed by atoms with Gasteiger partial charge in [-0.15, -0.1) is 0 Å². The number of aromatic nitrogens is 3. The van der Waals surface area contributed by atoms with Gasteiger partial charge in [0.25, 0.3) is 0 Å².